The highest BCUT2D eigenvalue weighted by molar-refractivity contribution is 5.78. The number of aromatic nitrogens is 1. The quantitative estimate of drug-likeness (QED) is 0.864. The summed E-state index contributed by atoms with van der Waals surface area (Å²) in [5, 5.41) is 6.53. The Morgan fingerprint density at radius 3 is 3.11 bits per heavy atom. The Hall–Kier alpha value is -1.42. The van der Waals surface area contributed by atoms with Gasteiger partial charge in [-0.15, -0.1) is 0 Å². The molecule has 1 unspecified atom stereocenters. The van der Waals surface area contributed by atoms with Crippen molar-refractivity contribution in [2.75, 3.05) is 13.1 Å². The molecule has 0 radical (unpaired) electrons. The molecule has 0 spiro atoms. The lowest BCUT2D eigenvalue weighted by atomic mass is 9.77. The maximum Gasteiger partial charge on any atom is 0.224 e. The third-order valence-corrected chi connectivity index (χ3v) is 3.92. The Kier molecular flexibility index (Phi) is 4.53. The normalized spacial score (nSPS) is 21.9. The Morgan fingerprint density at radius 1 is 1.58 bits per heavy atom. The van der Waals surface area contributed by atoms with Gasteiger partial charge in [-0.05, 0) is 36.4 Å². The molecule has 1 amide bonds. The number of hydrogen-bond acceptors (Lipinski definition) is 3. The standard InChI is InChI=1S/C15H23N3O/c1-15(2)6-4-8-17-13(15)11-18-14(19)9-12-5-3-7-16-10-12/h3,5,7,10,13,17H,4,6,8-9,11H2,1-2H3,(H,18,19). The highest BCUT2D eigenvalue weighted by atomic mass is 16.1. The van der Waals surface area contributed by atoms with Crippen LogP contribution in [0.15, 0.2) is 24.5 Å². The summed E-state index contributed by atoms with van der Waals surface area (Å²) in [6.07, 6.45) is 6.29. The third kappa shape index (κ3) is 4.03. The van der Waals surface area contributed by atoms with Gasteiger partial charge in [-0.1, -0.05) is 19.9 Å². The Balaban J connectivity index is 1.80. The van der Waals surface area contributed by atoms with Crippen molar-refractivity contribution in [2.45, 2.75) is 39.2 Å². The first kappa shape index (κ1) is 14.0. The van der Waals surface area contributed by atoms with E-state index in [1.54, 1.807) is 12.4 Å². The second-order valence-electron chi connectivity index (χ2n) is 5.94. The summed E-state index contributed by atoms with van der Waals surface area (Å²) in [6.45, 7) is 6.27. The van der Waals surface area contributed by atoms with Gasteiger partial charge in [-0.3, -0.25) is 9.78 Å². The van der Waals surface area contributed by atoms with Crippen molar-refractivity contribution < 1.29 is 4.79 Å². The van der Waals surface area contributed by atoms with Crippen molar-refractivity contribution in [1.82, 2.24) is 15.6 Å². The first-order valence-corrected chi connectivity index (χ1v) is 6.97. The highest BCUT2D eigenvalue weighted by Gasteiger charge is 2.31. The highest BCUT2D eigenvalue weighted by Crippen LogP contribution is 2.29. The van der Waals surface area contributed by atoms with E-state index in [9.17, 15) is 4.79 Å². The fraction of sp³-hybridized carbons (Fsp3) is 0.600. The number of piperidine rings is 1. The number of amides is 1. The molecule has 1 aliphatic rings. The molecule has 1 saturated heterocycles. The molecule has 2 rings (SSSR count). The smallest absolute Gasteiger partial charge is 0.224 e. The Labute approximate surface area is 115 Å². The van der Waals surface area contributed by atoms with Gasteiger partial charge >= 0.3 is 0 Å². The van der Waals surface area contributed by atoms with Crippen molar-refractivity contribution in [3.05, 3.63) is 30.1 Å². The van der Waals surface area contributed by atoms with Crippen LogP contribution in [0.1, 0.15) is 32.3 Å². The first-order valence-electron chi connectivity index (χ1n) is 6.97. The van der Waals surface area contributed by atoms with E-state index in [2.05, 4.69) is 29.5 Å². The predicted octanol–water partition coefficient (Wildman–Crippen LogP) is 1.52. The largest absolute Gasteiger partial charge is 0.354 e. The number of nitrogens with zero attached hydrogens (tertiary/aromatic N) is 1. The maximum atomic E-state index is 11.9. The van der Waals surface area contributed by atoms with Gasteiger partial charge < -0.3 is 10.6 Å². The van der Waals surface area contributed by atoms with Crippen LogP contribution < -0.4 is 10.6 Å². The first-order chi connectivity index (χ1) is 9.08. The summed E-state index contributed by atoms with van der Waals surface area (Å²) in [5.74, 6) is 0.0659. The van der Waals surface area contributed by atoms with Crippen molar-refractivity contribution in [2.24, 2.45) is 5.41 Å². The molecular formula is C15H23N3O. The molecule has 19 heavy (non-hydrogen) atoms. The summed E-state index contributed by atoms with van der Waals surface area (Å²) < 4.78 is 0. The van der Waals surface area contributed by atoms with E-state index < -0.39 is 0 Å². The molecule has 0 aromatic carbocycles. The van der Waals surface area contributed by atoms with Crippen molar-refractivity contribution in [3.8, 4) is 0 Å². The van der Waals surface area contributed by atoms with Crippen molar-refractivity contribution >= 4 is 5.91 Å². The SMILES string of the molecule is CC1(C)CCCNC1CNC(=O)Cc1cccnc1. The maximum absolute atomic E-state index is 11.9. The minimum absolute atomic E-state index is 0.0659. The van der Waals surface area contributed by atoms with Crippen LogP contribution in [0, 0.1) is 5.41 Å². The third-order valence-electron chi connectivity index (χ3n) is 3.92. The lowest BCUT2D eigenvalue weighted by molar-refractivity contribution is -0.120. The number of hydrogen-bond donors (Lipinski definition) is 2. The summed E-state index contributed by atoms with van der Waals surface area (Å²) in [7, 11) is 0. The zero-order valence-electron chi connectivity index (χ0n) is 11.8. The molecule has 2 heterocycles. The molecule has 1 fully saturated rings. The van der Waals surface area contributed by atoms with E-state index in [-0.39, 0.29) is 11.3 Å². The lowest BCUT2D eigenvalue weighted by Crippen LogP contribution is -2.52. The number of pyridine rings is 1. The molecule has 1 aromatic heterocycles. The van der Waals surface area contributed by atoms with Crippen LogP contribution in [0.3, 0.4) is 0 Å². The molecule has 4 heteroatoms. The minimum Gasteiger partial charge on any atom is -0.354 e. The van der Waals surface area contributed by atoms with Crippen molar-refractivity contribution in [1.29, 1.82) is 0 Å². The van der Waals surface area contributed by atoms with Gasteiger partial charge in [0.15, 0.2) is 0 Å². The average Bonchev–Trinajstić information content (AvgIpc) is 2.38. The van der Waals surface area contributed by atoms with Crippen LogP contribution in [0.5, 0.6) is 0 Å². The molecule has 0 aliphatic carbocycles. The van der Waals surface area contributed by atoms with E-state index in [0.717, 1.165) is 12.1 Å². The van der Waals surface area contributed by atoms with Gasteiger partial charge in [0.05, 0.1) is 6.42 Å². The Morgan fingerprint density at radius 2 is 2.42 bits per heavy atom. The molecular weight excluding hydrogens is 238 g/mol. The second kappa shape index (κ2) is 6.15. The minimum atomic E-state index is 0.0659. The van der Waals surface area contributed by atoms with Gasteiger partial charge in [0.2, 0.25) is 5.91 Å². The van der Waals surface area contributed by atoms with Crippen LogP contribution in [0.25, 0.3) is 0 Å². The van der Waals surface area contributed by atoms with Crippen LogP contribution in [-0.4, -0.2) is 30.0 Å². The number of carbonyl (C=O) groups is 1. The van der Waals surface area contributed by atoms with Crippen LogP contribution in [-0.2, 0) is 11.2 Å². The van der Waals surface area contributed by atoms with Crippen LogP contribution >= 0.6 is 0 Å². The van der Waals surface area contributed by atoms with Crippen LogP contribution in [0.4, 0.5) is 0 Å². The molecule has 4 nitrogen and oxygen atoms in total. The van der Waals surface area contributed by atoms with Crippen LogP contribution in [0.2, 0.25) is 0 Å². The zero-order chi connectivity index (χ0) is 13.7. The predicted molar refractivity (Wildman–Crippen MR) is 75.8 cm³/mol. The fourth-order valence-corrected chi connectivity index (χ4v) is 2.59. The Bertz CT molecular complexity index is 417. The monoisotopic (exact) mass is 261 g/mol. The number of carbonyl (C=O) groups excluding carboxylic acids is 1. The van der Waals surface area contributed by atoms with Gasteiger partial charge in [-0.25, -0.2) is 0 Å². The van der Waals surface area contributed by atoms with Crippen molar-refractivity contribution in [3.63, 3.8) is 0 Å². The zero-order valence-corrected chi connectivity index (χ0v) is 11.8. The topological polar surface area (TPSA) is 54.0 Å². The average molecular weight is 261 g/mol. The fourth-order valence-electron chi connectivity index (χ4n) is 2.59. The second-order valence-corrected chi connectivity index (χ2v) is 5.94. The molecule has 2 N–H and O–H groups in total. The molecule has 1 atom stereocenters. The number of rotatable bonds is 4. The number of nitrogens with one attached hydrogen (secondary N) is 2. The summed E-state index contributed by atoms with van der Waals surface area (Å²) >= 11 is 0. The van der Waals surface area contributed by atoms with E-state index in [4.69, 9.17) is 0 Å². The van der Waals surface area contributed by atoms with Gasteiger partial charge in [0, 0.05) is 25.0 Å². The molecule has 1 aliphatic heterocycles. The molecule has 0 saturated carbocycles. The summed E-state index contributed by atoms with van der Waals surface area (Å²) in [6, 6.07) is 4.14. The van der Waals surface area contributed by atoms with E-state index in [1.807, 2.05) is 12.1 Å². The van der Waals surface area contributed by atoms with E-state index in [0.29, 0.717) is 19.0 Å². The van der Waals surface area contributed by atoms with Gasteiger partial charge in [0.1, 0.15) is 0 Å². The van der Waals surface area contributed by atoms with E-state index >= 15 is 0 Å². The summed E-state index contributed by atoms with van der Waals surface area (Å²) in [4.78, 5) is 15.9. The molecule has 104 valence electrons. The lowest BCUT2D eigenvalue weighted by Gasteiger charge is -2.39. The summed E-state index contributed by atoms with van der Waals surface area (Å²) in [5.41, 5.74) is 1.20. The van der Waals surface area contributed by atoms with E-state index in [1.165, 1.54) is 12.8 Å². The molecule has 1 aromatic rings. The molecule has 0 bridgehead atoms. The van der Waals surface area contributed by atoms with Gasteiger partial charge in [-0.2, -0.15) is 0 Å². The van der Waals surface area contributed by atoms with Gasteiger partial charge in [0.25, 0.3) is 0 Å².